The van der Waals surface area contributed by atoms with E-state index in [4.69, 9.17) is 17.3 Å². The van der Waals surface area contributed by atoms with Gasteiger partial charge in [0.15, 0.2) is 0 Å². The predicted molar refractivity (Wildman–Crippen MR) is 85.5 cm³/mol. The average Bonchev–Trinajstić information content (AvgIpc) is 2.70. The molecule has 0 radical (unpaired) electrons. The molecule has 0 spiro atoms. The summed E-state index contributed by atoms with van der Waals surface area (Å²) in [4.78, 5) is 0. The SMILES string of the molecule is CC(C)n1ncc(Br)c1C(N)c1ccc(Br)cc1Cl. The fraction of sp³-hybridized carbons (Fsp3) is 0.308. The van der Waals surface area contributed by atoms with Crippen LogP contribution >= 0.6 is 43.5 Å². The maximum atomic E-state index is 6.36. The molecule has 1 atom stereocenters. The van der Waals surface area contributed by atoms with Crippen LogP contribution < -0.4 is 5.73 Å². The van der Waals surface area contributed by atoms with Gasteiger partial charge < -0.3 is 5.73 Å². The smallest absolute Gasteiger partial charge is 0.0749 e. The normalized spacial score (nSPS) is 13.0. The maximum absolute atomic E-state index is 6.36. The van der Waals surface area contributed by atoms with Crippen molar-refractivity contribution < 1.29 is 0 Å². The van der Waals surface area contributed by atoms with E-state index < -0.39 is 0 Å². The van der Waals surface area contributed by atoms with E-state index in [-0.39, 0.29) is 12.1 Å². The van der Waals surface area contributed by atoms with Crippen LogP contribution in [0.15, 0.2) is 33.3 Å². The monoisotopic (exact) mass is 405 g/mol. The lowest BCUT2D eigenvalue weighted by Gasteiger charge is -2.19. The van der Waals surface area contributed by atoms with Crippen molar-refractivity contribution in [2.75, 3.05) is 0 Å². The van der Waals surface area contributed by atoms with Crippen LogP contribution in [0.3, 0.4) is 0 Å². The first-order valence-corrected chi connectivity index (χ1v) is 7.81. The van der Waals surface area contributed by atoms with Crippen LogP contribution in [0.25, 0.3) is 0 Å². The minimum absolute atomic E-state index is 0.238. The maximum Gasteiger partial charge on any atom is 0.0749 e. The van der Waals surface area contributed by atoms with E-state index in [0.717, 1.165) is 20.2 Å². The molecule has 2 aromatic rings. The lowest BCUT2D eigenvalue weighted by atomic mass is 10.0. The van der Waals surface area contributed by atoms with Gasteiger partial charge in [0.25, 0.3) is 0 Å². The van der Waals surface area contributed by atoms with Crippen molar-refractivity contribution in [3.63, 3.8) is 0 Å². The Hall–Kier alpha value is -0.360. The number of rotatable bonds is 3. The van der Waals surface area contributed by atoms with Gasteiger partial charge in [0.1, 0.15) is 0 Å². The molecule has 0 bridgehead atoms. The number of nitrogens with zero attached hydrogens (tertiary/aromatic N) is 2. The molecule has 102 valence electrons. The highest BCUT2D eigenvalue weighted by Crippen LogP contribution is 2.33. The fourth-order valence-electron chi connectivity index (χ4n) is 1.95. The third kappa shape index (κ3) is 3.05. The number of aromatic nitrogens is 2. The van der Waals surface area contributed by atoms with Gasteiger partial charge in [-0.2, -0.15) is 5.10 Å². The number of nitrogens with two attached hydrogens (primary N) is 1. The molecule has 0 fully saturated rings. The molecular formula is C13H14Br2ClN3. The fourth-order valence-corrected chi connectivity index (χ4v) is 3.27. The molecule has 0 aliphatic rings. The second-order valence-corrected chi connectivity index (χ2v) is 6.74. The molecule has 1 heterocycles. The number of hydrogen-bond acceptors (Lipinski definition) is 2. The minimum atomic E-state index is -0.320. The summed E-state index contributed by atoms with van der Waals surface area (Å²) in [5.41, 5.74) is 8.17. The van der Waals surface area contributed by atoms with Crippen LogP contribution in [0.2, 0.25) is 5.02 Å². The van der Waals surface area contributed by atoms with Gasteiger partial charge in [-0.3, -0.25) is 4.68 Å². The molecule has 1 unspecified atom stereocenters. The average molecular weight is 408 g/mol. The van der Waals surface area contributed by atoms with E-state index in [0.29, 0.717) is 5.02 Å². The Kier molecular flexibility index (Phi) is 4.71. The molecule has 2 N–H and O–H groups in total. The van der Waals surface area contributed by atoms with Crippen molar-refractivity contribution in [3.05, 3.63) is 49.6 Å². The molecule has 19 heavy (non-hydrogen) atoms. The van der Waals surface area contributed by atoms with E-state index in [1.807, 2.05) is 22.9 Å². The minimum Gasteiger partial charge on any atom is -0.319 e. The van der Waals surface area contributed by atoms with Gasteiger partial charge in [-0.05, 0) is 47.5 Å². The van der Waals surface area contributed by atoms with Crippen LogP contribution in [-0.4, -0.2) is 9.78 Å². The summed E-state index contributed by atoms with van der Waals surface area (Å²) in [6, 6.07) is 5.63. The predicted octanol–water partition coefficient (Wildman–Crippen LogP) is 4.69. The molecule has 0 aliphatic carbocycles. The molecule has 0 saturated heterocycles. The Morgan fingerprint density at radius 1 is 1.32 bits per heavy atom. The number of hydrogen-bond donors (Lipinski definition) is 1. The highest BCUT2D eigenvalue weighted by Gasteiger charge is 2.21. The Morgan fingerprint density at radius 2 is 2.00 bits per heavy atom. The summed E-state index contributed by atoms with van der Waals surface area (Å²) in [5, 5.41) is 4.99. The lowest BCUT2D eigenvalue weighted by molar-refractivity contribution is 0.498. The van der Waals surface area contributed by atoms with E-state index in [2.05, 4.69) is 50.8 Å². The summed E-state index contributed by atoms with van der Waals surface area (Å²) < 4.78 is 3.74. The van der Waals surface area contributed by atoms with Gasteiger partial charge in [-0.25, -0.2) is 0 Å². The molecule has 2 rings (SSSR count). The molecule has 0 amide bonds. The molecule has 0 saturated carbocycles. The Balaban J connectivity index is 2.49. The largest absolute Gasteiger partial charge is 0.319 e. The van der Waals surface area contributed by atoms with Gasteiger partial charge in [-0.15, -0.1) is 0 Å². The van der Waals surface area contributed by atoms with Gasteiger partial charge in [0.2, 0.25) is 0 Å². The van der Waals surface area contributed by atoms with Gasteiger partial charge in [0.05, 0.1) is 22.4 Å². The molecule has 6 heteroatoms. The Labute approximate surface area is 134 Å². The first kappa shape index (κ1) is 15.0. The summed E-state index contributed by atoms with van der Waals surface area (Å²) >= 11 is 13.2. The van der Waals surface area contributed by atoms with Crippen LogP contribution in [0.4, 0.5) is 0 Å². The van der Waals surface area contributed by atoms with Crippen LogP contribution in [0.1, 0.15) is 37.2 Å². The van der Waals surface area contributed by atoms with E-state index in [1.54, 1.807) is 6.20 Å². The summed E-state index contributed by atoms with van der Waals surface area (Å²) in [6.45, 7) is 4.14. The van der Waals surface area contributed by atoms with Gasteiger partial charge in [-0.1, -0.05) is 33.6 Å². The zero-order valence-corrected chi connectivity index (χ0v) is 14.5. The first-order valence-electron chi connectivity index (χ1n) is 5.85. The number of halogens is 3. The van der Waals surface area contributed by atoms with Crippen molar-refractivity contribution in [3.8, 4) is 0 Å². The zero-order chi connectivity index (χ0) is 14.2. The molecular weight excluding hydrogens is 393 g/mol. The quantitative estimate of drug-likeness (QED) is 0.802. The van der Waals surface area contributed by atoms with Crippen molar-refractivity contribution in [1.82, 2.24) is 9.78 Å². The second-order valence-electron chi connectivity index (χ2n) is 4.56. The Morgan fingerprint density at radius 3 is 2.58 bits per heavy atom. The van der Waals surface area contributed by atoms with Crippen molar-refractivity contribution in [1.29, 1.82) is 0 Å². The first-order chi connectivity index (χ1) is 8.91. The lowest BCUT2D eigenvalue weighted by Crippen LogP contribution is -2.19. The Bertz CT molecular complexity index is 596. The van der Waals surface area contributed by atoms with E-state index in [9.17, 15) is 0 Å². The standard InChI is InChI=1S/C13H14Br2ClN3/c1-7(2)19-13(10(15)6-18-19)12(17)9-4-3-8(14)5-11(9)16/h3-7,12H,17H2,1-2H3. The second kappa shape index (κ2) is 5.95. The van der Waals surface area contributed by atoms with E-state index >= 15 is 0 Å². The van der Waals surface area contributed by atoms with Gasteiger partial charge in [0, 0.05) is 15.5 Å². The molecule has 1 aromatic carbocycles. The summed E-state index contributed by atoms with van der Waals surface area (Å²) in [6.07, 6.45) is 1.77. The third-order valence-corrected chi connectivity index (χ3v) is 4.30. The van der Waals surface area contributed by atoms with Crippen molar-refractivity contribution >= 4 is 43.5 Å². The summed E-state index contributed by atoms with van der Waals surface area (Å²) in [7, 11) is 0. The van der Waals surface area contributed by atoms with Crippen LogP contribution in [0.5, 0.6) is 0 Å². The van der Waals surface area contributed by atoms with Crippen LogP contribution in [0, 0.1) is 0 Å². The van der Waals surface area contributed by atoms with Crippen molar-refractivity contribution in [2.24, 2.45) is 5.73 Å². The summed E-state index contributed by atoms with van der Waals surface area (Å²) in [5.74, 6) is 0. The zero-order valence-electron chi connectivity index (χ0n) is 10.6. The molecule has 1 aromatic heterocycles. The highest BCUT2D eigenvalue weighted by atomic mass is 79.9. The van der Waals surface area contributed by atoms with Crippen LogP contribution in [-0.2, 0) is 0 Å². The molecule has 0 aliphatic heterocycles. The third-order valence-electron chi connectivity index (χ3n) is 2.87. The van der Waals surface area contributed by atoms with E-state index in [1.165, 1.54) is 0 Å². The van der Waals surface area contributed by atoms with Crippen molar-refractivity contribution in [2.45, 2.75) is 25.9 Å². The molecule has 3 nitrogen and oxygen atoms in total. The highest BCUT2D eigenvalue weighted by molar-refractivity contribution is 9.10. The van der Waals surface area contributed by atoms with Gasteiger partial charge >= 0.3 is 0 Å². The number of benzene rings is 1. The topological polar surface area (TPSA) is 43.8 Å².